The summed E-state index contributed by atoms with van der Waals surface area (Å²) in [5.41, 5.74) is 3.15. The maximum Gasteiger partial charge on any atom is 0.175 e. The van der Waals surface area contributed by atoms with E-state index in [9.17, 15) is 0 Å². The van der Waals surface area contributed by atoms with E-state index in [2.05, 4.69) is 20.8 Å². The van der Waals surface area contributed by atoms with E-state index in [1.54, 1.807) is 0 Å². The van der Waals surface area contributed by atoms with Crippen molar-refractivity contribution in [1.82, 2.24) is 0 Å². The lowest BCUT2D eigenvalue weighted by molar-refractivity contribution is 0.370. The second-order valence-corrected chi connectivity index (χ2v) is 5.43. The molecular weight excluding hydrogens is 188 g/mol. The van der Waals surface area contributed by atoms with Crippen molar-refractivity contribution < 1.29 is 8.83 Å². The summed E-state index contributed by atoms with van der Waals surface area (Å²) in [6, 6.07) is 2.01. The third-order valence-corrected chi connectivity index (χ3v) is 2.59. The summed E-state index contributed by atoms with van der Waals surface area (Å²) in [6.45, 7) is 10.6. The van der Waals surface area contributed by atoms with Crippen molar-refractivity contribution >= 4 is 11.2 Å². The van der Waals surface area contributed by atoms with Crippen molar-refractivity contribution in [3.05, 3.63) is 23.2 Å². The van der Waals surface area contributed by atoms with Crippen molar-refractivity contribution in [2.45, 2.75) is 41.0 Å². The van der Waals surface area contributed by atoms with Gasteiger partial charge in [0.05, 0.1) is 0 Å². The van der Waals surface area contributed by atoms with Gasteiger partial charge in [-0.15, -0.1) is 0 Å². The first kappa shape index (κ1) is 10.3. The Balaban J connectivity index is 2.41. The normalized spacial score (nSPS) is 12.6. The standard InChI is InChI=1S/C13H18O2/c1-8-9(2)14-11-6-10(15-12(8)11)7-13(3,4)5/h6H,7H2,1-5H3. The Hall–Kier alpha value is -1.18. The number of furan rings is 2. The van der Waals surface area contributed by atoms with E-state index in [1.807, 2.05) is 19.9 Å². The van der Waals surface area contributed by atoms with Crippen LogP contribution in [0.3, 0.4) is 0 Å². The van der Waals surface area contributed by atoms with Gasteiger partial charge in [-0.25, -0.2) is 0 Å². The lowest BCUT2D eigenvalue weighted by Crippen LogP contribution is -2.08. The second-order valence-electron chi connectivity index (χ2n) is 5.43. The van der Waals surface area contributed by atoms with Gasteiger partial charge in [0.2, 0.25) is 0 Å². The highest BCUT2D eigenvalue weighted by Crippen LogP contribution is 2.30. The van der Waals surface area contributed by atoms with Gasteiger partial charge >= 0.3 is 0 Å². The smallest absolute Gasteiger partial charge is 0.175 e. The molecule has 0 amide bonds. The first-order chi connectivity index (χ1) is 6.87. The molecule has 2 rings (SSSR count). The summed E-state index contributed by atoms with van der Waals surface area (Å²) in [6.07, 6.45) is 0.940. The quantitative estimate of drug-likeness (QED) is 0.697. The van der Waals surface area contributed by atoms with Crippen molar-refractivity contribution in [3.8, 4) is 0 Å². The second kappa shape index (κ2) is 3.16. The SMILES string of the molecule is Cc1oc2cc(CC(C)(C)C)oc2c1C. The number of hydrogen-bond donors (Lipinski definition) is 0. The number of rotatable bonds is 1. The van der Waals surface area contributed by atoms with Crippen molar-refractivity contribution in [2.24, 2.45) is 5.41 Å². The monoisotopic (exact) mass is 206 g/mol. The van der Waals surface area contributed by atoms with Gasteiger partial charge in [0.25, 0.3) is 0 Å². The molecule has 0 aromatic carbocycles. The molecule has 0 N–H and O–H groups in total. The third kappa shape index (κ3) is 1.94. The minimum Gasteiger partial charge on any atom is -0.458 e. The van der Waals surface area contributed by atoms with Crippen LogP contribution in [0.2, 0.25) is 0 Å². The Morgan fingerprint density at radius 2 is 1.80 bits per heavy atom. The van der Waals surface area contributed by atoms with Crippen LogP contribution >= 0.6 is 0 Å². The van der Waals surface area contributed by atoms with E-state index in [0.29, 0.717) is 0 Å². The van der Waals surface area contributed by atoms with Crippen molar-refractivity contribution in [3.63, 3.8) is 0 Å². The summed E-state index contributed by atoms with van der Waals surface area (Å²) in [5, 5.41) is 0. The molecule has 2 heteroatoms. The summed E-state index contributed by atoms with van der Waals surface area (Å²) in [5.74, 6) is 1.96. The molecular formula is C13H18O2. The first-order valence-electron chi connectivity index (χ1n) is 5.35. The number of aryl methyl sites for hydroxylation is 2. The molecule has 2 nitrogen and oxygen atoms in total. The van der Waals surface area contributed by atoms with Crippen LogP contribution in [0.25, 0.3) is 11.2 Å². The van der Waals surface area contributed by atoms with Gasteiger partial charge < -0.3 is 8.83 Å². The lowest BCUT2D eigenvalue weighted by Gasteiger charge is -2.15. The minimum atomic E-state index is 0.248. The molecule has 0 bridgehead atoms. The molecule has 0 aliphatic heterocycles. The summed E-state index contributed by atoms with van der Waals surface area (Å²) < 4.78 is 11.4. The van der Waals surface area contributed by atoms with Crippen molar-refractivity contribution in [1.29, 1.82) is 0 Å². The predicted octanol–water partition coefficient (Wildman–Crippen LogP) is 4.23. The van der Waals surface area contributed by atoms with Crippen LogP contribution in [0, 0.1) is 19.3 Å². The minimum absolute atomic E-state index is 0.248. The zero-order valence-corrected chi connectivity index (χ0v) is 10.1. The fourth-order valence-electron chi connectivity index (χ4n) is 1.77. The molecule has 82 valence electrons. The largest absolute Gasteiger partial charge is 0.458 e. The van der Waals surface area contributed by atoms with E-state index in [-0.39, 0.29) is 5.41 Å². The van der Waals surface area contributed by atoms with E-state index in [1.165, 1.54) is 0 Å². The average Bonchev–Trinajstić information content (AvgIpc) is 2.52. The maximum absolute atomic E-state index is 5.80. The van der Waals surface area contributed by atoms with Gasteiger partial charge in [0, 0.05) is 18.1 Å². The Morgan fingerprint density at radius 1 is 1.13 bits per heavy atom. The summed E-state index contributed by atoms with van der Waals surface area (Å²) in [4.78, 5) is 0. The van der Waals surface area contributed by atoms with Crippen molar-refractivity contribution in [2.75, 3.05) is 0 Å². The van der Waals surface area contributed by atoms with Gasteiger partial charge in [-0.05, 0) is 19.3 Å². The highest BCUT2D eigenvalue weighted by atomic mass is 16.4. The van der Waals surface area contributed by atoms with Crippen LogP contribution < -0.4 is 0 Å². The van der Waals surface area contributed by atoms with E-state index >= 15 is 0 Å². The van der Waals surface area contributed by atoms with Gasteiger partial charge in [0.15, 0.2) is 11.2 Å². The van der Waals surface area contributed by atoms with Crippen LogP contribution in [0.4, 0.5) is 0 Å². The third-order valence-electron chi connectivity index (χ3n) is 2.59. The predicted molar refractivity (Wildman–Crippen MR) is 61.1 cm³/mol. The zero-order chi connectivity index (χ0) is 11.2. The molecule has 15 heavy (non-hydrogen) atoms. The van der Waals surface area contributed by atoms with Crippen LogP contribution in [0.5, 0.6) is 0 Å². The van der Waals surface area contributed by atoms with Gasteiger partial charge in [0.1, 0.15) is 11.5 Å². The number of fused-ring (bicyclic) bond motifs is 1. The summed E-state index contributed by atoms with van der Waals surface area (Å²) >= 11 is 0. The highest BCUT2D eigenvalue weighted by Gasteiger charge is 2.18. The molecule has 0 aliphatic carbocycles. The van der Waals surface area contributed by atoms with E-state index in [0.717, 1.165) is 34.7 Å². The molecule has 0 unspecified atom stereocenters. The fourth-order valence-corrected chi connectivity index (χ4v) is 1.77. The Kier molecular flexibility index (Phi) is 2.18. The van der Waals surface area contributed by atoms with E-state index < -0.39 is 0 Å². The average molecular weight is 206 g/mol. The molecule has 0 aliphatic rings. The maximum atomic E-state index is 5.80. The number of hydrogen-bond acceptors (Lipinski definition) is 2. The zero-order valence-electron chi connectivity index (χ0n) is 10.1. The van der Waals surface area contributed by atoms with Gasteiger partial charge in [-0.2, -0.15) is 0 Å². The molecule has 0 fully saturated rings. The van der Waals surface area contributed by atoms with Gasteiger partial charge in [-0.1, -0.05) is 20.8 Å². The molecule has 2 aromatic heterocycles. The Morgan fingerprint density at radius 3 is 2.33 bits per heavy atom. The molecule has 0 radical (unpaired) electrons. The molecule has 0 spiro atoms. The fraction of sp³-hybridized carbons (Fsp3) is 0.538. The van der Waals surface area contributed by atoms with Crippen LogP contribution in [-0.4, -0.2) is 0 Å². The lowest BCUT2D eigenvalue weighted by atomic mass is 9.91. The van der Waals surface area contributed by atoms with Crippen LogP contribution in [-0.2, 0) is 6.42 Å². The van der Waals surface area contributed by atoms with Crippen LogP contribution in [0.1, 0.15) is 37.9 Å². The molecule has 2 heterocycles. The van der Waals surface area contributed by atoms with Crippen LogP contribution in [0.15, 0.2) is 14.9 Å². The topological polar surface area (TPSA) is 26.3 Å². The van der Waals surface area contributed by atoms with E-state index in [4.69, 9.17) is 8.83 Å². The molecule has 0 saturated carbocycles. The Bertz CT molecular complexity index is 480. The molecule has 0 atom stereocenters. The highest BCUT2D eigenvalue weighted by molar-refractivity contribution is 5.76. The molecule has 2 aromatic rings. The summed E-state index contributed by atoms with van der Waals surface area (Å²) in [7, 11) is 0. The van der Waals surface area contributed by atoms with Gasteiger partial charge in [-0.3, -0.25) is 0 Å². The Labute approximate surface area is 90.3 Å². The first-order valence-corrected chi connectivity index (χ1v) is 5.35. The molecule has 0 saturated heterocycles.